The Balaban J connectivity index is 0.00000264. The van der Waals surface area contributed by atoms with E-state index in [1.807, 2.05) is 41.2 Å². The number of benzene rings is 3. The molecule has 5 aromatic heterocycles. The van der Waals surface area contributed by atoms with Gasteiger partial charge in [-0.15, -0.1) is 12.1 Å². The molecule has 0 fully saturated rings. The van der Waals surface area contributed by atoms with Gasteiger partial charge in [-0.2, -0.15) is 0 Å². The minimum absolute atomic E-state index is 0. The number of hydrogen-bond acceptors (Lipinski definition) is 4. The number of nitrogens with zero attached hydrogens (tertiary/aromatic N) is 5. The Labute approximate surface area is 244 Å². The normalized spacial score (nSPS) is 12.2. The van der Waals surface area contributed by atoms with Gasteiger partial charge in [0.15, 0.2) is 0 Å². The van der Waals surface area contributed by atoms with E-state index in [0.717, 1.165) is 49.4 Å². The van der Waals surface area contributed by atoms with Gasteiger partial charge in [-0.05, 0) is 33.9 Å². The van der Waals surface area contributed by atoms with Crippen molar-refractivity contribution in [3.8, 4) is 11.5 Å². The maximum atomic E-state index is 6.35. The SMILES string of the molecule is CC(C)(C)c1ccc2c(c1)c1ccc(Oc3[c-]c4c(cc3)c3cccnc3n3ccnc43)[c-]c1c1nccn21.[Pt+2]. The van der Waals surface area contributed by atoms with Gasteiger partial charge in [0, 0.05) is 48.0 Å². The van der Waals surface area contributed by atoms with Crippen LogP contribution in [0.4, 0.5) is 0 Å². The van der Waals surface area contributed by atoms with Crippen molar-refractivity contribution in [3.63, 3.8) is 0 Å². The minimum atomic E-state index is 0. The molecule has 0 spiro atoms. The van der Waals surface area contributed by atoms with Gasteiger partial charge in [0.2, 0.25) is 0 Å². The molecule has 0 amide bonds. The zero-order valence-corrected chi connectivity index (χ0v) is 24.3. The number of ether oxygens (including phenoxy) is 1. The fraction of sp³-hybridized carbons (Fsp3) is 0.121. The second-order valence-electron chi connectivity index (χ2n) is 10.9. The molecule has 0 atom stereocenters. The molecule has 0 saturated heterocycles. The number of pyridine rings is 3. The summed E-state index contributed by atoms with van der Waals surface area (Å²) in [6.45, 7) is 6.71. The summed E-state index contributed by atoms with van der Waals surface area (Å²) in [7, 11) is 0. The summed E-state index contributed by atoms with van der Waals surface area (Å²) in [5.74, 6) is 1.21. The molecular formula is C33H23N5OPt. The Morgan fingerprint density at radius 1 is 0.650 bits per heavy atom. The summed E-state index contributed by atoms with van der Waals surface area (Å²) in [5.41, 5.74) is 4.97. The van der Waals surface area contributed by atoms with Crippen molar-refractivity contribution in [3.05, 3.63) is 103 Å². The van der Waals surface area contributed by atoms with Crippen LogP contribution in [0, 0.1) is 12.1 Å². The summed E-state index contributed by atoms with van der Waals surface area (Å²) < 4.78 is 10.5. The summed E-state index contributed by atoms with van der Waals surface area (Å²) in [5, 5.41) is 6.15. The van der Waals surface area contributed by atoms with E-state index in [9.17, 15) is 0 Å². The third-order valence-corrected chi connectivity index (χ3v) is 7.50. The van der Waals surface area contributed by atoms with Crippen molar-refractivity contribution >= 4 is 54.8 Å². The third kappa shape index (κ3) is 3.63. The Morgan fingerprint density at radius 3 is 1.98 bits per heavy atom. The van der Waals surface area contributed by atoms with E-state index in [4.69, 9.17) is 4.74 Å². The molecule has 7 heteroatoms. The van der Waals surface area contributed by atoms with Crippen molar-refractivity contribution in [2.24, 2.45) is 0 Å². The zero-order valence-electron chi connectivity index (χ0n) is 22.0. The van der Waals surface area contributed by atoms with Crippen LogP contribution in [0.3, 0.4) is 0 Å². The van der Waals surface area contributed by atoms with E-state index < -0.39 is 0 Å². The standard InChI is InChI=1S/C33H23N5O.Pt/c1-33(2,3)20-6-11-29-26(17-20)24-10-8-22(19-28(24)31-35-13-15-37(29)31)39-21-7-9-23-25-5-4-12-34-30(25)38-16-14-36-32(38)27(23)18-21;/h4-17H,1-3H3;/q-2;+2. The van der Waals surface area contributed by atoms with Crippen LogP contribution in [-0.2, 0) is 26.5 Å². The molecule has 3 aromatic carbocycles. The van der Waals surface area contributed by atoms with Crippen LogP contribution in [0.5, 0.6) is 11.5 Å². The molecule has 8 aromatic rings. The minimum Gasteiger partial charge on any atom is -0.497 e. The average Bonchev–Trinajstić information content (AvgIpc) is 3.63. The molecular weight excluding hydrogens is 677 g/mol. The summed E-state index contributed by atoms with van der Waals surface area (Å²) in [4.78, 5) is 13.8. The number of aromatic nitrogens is 5. The van der Waals surface area contributed by atoms with Gasteiger partial charge in [-0.25, -0.2) is 4.98 Å². The van der Waals surface area contributed by atoms with Gasteiger partial charge >= 0.3 is 21.1 Å². The molecule has 0 aliphatic carbocycles. The quantitative estimate of drug-likeness (QED) is 0.137. The van der Waals surface area contributed by atoms with Crippen molar-refractivity contribution < 1.29 is 25.8 Å². The van der Waals surface area contributed by atoms with E-state index in [2.05, 4.69) is 88.7 Å². The molecule has 8 rings (SSSR count). The Hall–Kier alpha value is -4.28. The van der Waals surface area contributed by atoms with Crippen molar-refractivity contribution in [2.45, 2.75) is 26.2 Å². The van der Waals surface area contributed by atoms with Gasteiger partial charge in [0.25, 0.3) is 0 Å². The molecule has 40 heavy (non-hydrogen) atoms. The molecule has 196 valence electrons. The van der Waals surface area contributed by atoms with Gasteiger partial charge in [-0.3, -0.25) is 9.97 Å². The molecule has 0 saturated carbocycles. The zero-order chi connectivity index (χ0) is 26.3. The summed E-state index contributed by atoms with van der Waals surface area (Å²) in [6, 6.07) is 25.7. The first-order chi connectivity index (χ1) is 19.0. The smallest absolute Gasteiger partial charge is 0.497 e. The molecule has 5 heterocycles. The Kier molecular flexibility index (Phi) is 5.48. The number of hydrogen-bond donors (Lipinski definition) is 0. The first-order valence-corrected chi connectivity index (χ1v) is 12.9. The van der Waals surface area contributed by atoms with E-state index in [0.29, 0.717) is 11.5 Å². The fourth-order valence-electron chi connectivity index (χ4n) is 5.56. The summed E-state index contributed by atoms with van der Waals surface area (Å²) >= 11 is 0. The first kappa shape index (κ1) is 24.7. The average molecular weight is 701 g/mol. The second-order valence-corrected chi connectivity index (χ2v) is 10.9. The van der Waals surface area contributed by atoms with Crippen LogP contribution in [0.1, 0.15) is 26.3 Å². The molecule has 0 aliphatic heterocycles. The molecule has 0 unspecified atom stereocenters. The van der Waals surface area contributed by atoms with Gasteiger partial charge < -0.3 is 13.5 Å². The predicted molar refractivity (Wildman–Crippen MR) is 155 cm³/mol. The topological polar surface area (TPSA) is 56.7 Å². The second kappa shape index (κ2) is 8.87. The third-order valence-electron chi connectivity index (χ3n) is 7.50. The van der Waals surface area contributed by atoms with E-state index >= 15 is 0 Å². The monoisotopic (exact) mass is 700 g/mol. The van der Waals surface area contributed by atoms with Crippen LogP contribution in [0.25, 0.3) is 54.8 Å². The molecule has 0 aliphatic rings. The molecule has 0 radical (unpaired) electrons. The van der Waals surface area contributed by atoms with E-state index in [1.165, 1.54) is 10.9 Å². The largest absolute Gasteiger partial charge is 2.00 e. The van der Waals surface area contributed by atoms with Gasteiger partial charge in [0.1, 0.15) is 5.65 Å². The number of fused-ring (bicyclic) bond motifs is 12. The van der Waals surface area contributed by atoms with Gasteiger partial charge in [-0.1, -0.05) is 84.8 Å². The van der Waals surface area contributed by atoms with E-state index in [-0.39, 0.29) is 26.5 Å². The van der Waals surface area contributed by atoms with Crippen LogP contribution < -0.4 is 4.74 Å². The van der Waals surface area contributed by atoms with Crippen molar-refractivity contribution in [1.29, 1.82) is 0 Å². The van der Waals surface area contributed by atoms with E-state index in [1.54, 1.807) is 12.4 Å². The number of imidazole rings is 2. The molecule has 0 bridgehead atoms. The summed E-state index contributed by atoms with van der Waals surface area (Å²) in [6.07, 6.45) is 9.34. The molecule has 0 N–H and O–H groups in total. The Bertz CT molecular complexity index is 2260. The van der Waals surface area contributed by atoms with Crippen LogP contribution in [0.15, 0.2) is 85.6 Å². The van der Waals surface area contributed by atoms with Crippen molar-refractivity contribution in [2.75, 3.05) is 0 Å². The van der Waals surface area contributed by atoms with Crippen LogP contribution >= 0.6 is 0 Å². The predicted octanol–water partition coefficient (Wildman–Crippen LogP) is 7.68. The first-order valence-electron chi connectivity index (χ1n) is 12.9. The van der Waals surface area contributed by atoms with Crippen LogP contribution in [-0.4, -0.2) is 23.8 Å². The maximum absolute atomic E-state index is 6.35. The van der Waals surface area contributed by atoms with Gasteiger partial charge in [0.05, 0.1) is 11.3 Å². The Morgan fingerprint density at radius 2 is 1.27 bits per heavy atom. The fourth-order valence-corrected chi connectivity index (χ4v) is 5.56. The van der Waals surface area contributed by atoms with Crippen LogP contribution in [0.2, 0.25) is 0 Å². The maximum Gasteiger partial charge on any atom is 2.00 e. The van der Waals surface area contributed by atoms with Crippen molar-refractivity contribution in [1.82, 2.24) is 23.8 Å². The number of rotatable bonds is 2. The molecule has 6 nitrogen and oxygen atoms in total.